The lowest BCUT2D eigenvalue weighted by Gasteiger charge is -2.24. The van der Waals surface area contributed by atoms with Crippen molar-refractivity contribution in [2.75, 3.05) is 19.8 Å². The van der Waals surface area contributed by atoms with Crippen LogP contribution < -0.4 is 0 Å². The first-order valence-electron chi connectivity index (χ1n) is 7.45. The quantitative estimate of drug-likeness (QED) is 0.844. The van der Waals surface area contributed by atoms with E-state index in [-0.39, 0.29) is 6.23 Å². The van der Waals surface area contributed by atoms with Gasteiger partial charge in [-0.15, -0.1) is 0 Å². The molecule has 2 aliphatic rings. The summed E-state index contributed by atoms with van der Waals surface area (Å²) in [6.45, 7) is 2.49. The minimum Gasteiger partial charge on any atom is -0.381 e. The van der Waals surface area contributed by atoms with Gasteiger partial charge in [-0.05, 0) is 37.8 Å². The van der Waals surface area contributed by atoms with Crippen LogP contribution >= 0.6 is 0 Å². The SMILES string of the molecule is c1cnc2c(c1)nc(C1CCOCC1)n2C1CCCO1. The Morgan fingerprint density at radius 1 is 1.15 bits per heavy atom. The summed E-state index contributed by atoms with van der Waals surface area (Å²) in [6.07, 6.45) is 6.19. The summed E-state index contributed by atoms with van der Waals surface area (Å²) in [5.41, 5.74) is 1.94. The van der Waals surface area contributed by atoms with Gasteiger partial charge in [-0.1, -0.05) is 0 Å². The highest BCUT2D eigenvalue weighted by atomic mass is 16.5. The fourth-order valence-corrected chi connectivity index (χ4v) is 3.24. The molecule has 2 aromatic rings. The van der Waals surface area contributed by atoms with Crippen LogP contribution in [0.1, 0.15) is 43.7 Å². The Bertz CT molecular complexity index is 598. The van der Waals surface area contributed by atoms with E-state index in [1.165, 1.54) is 0 Å². The van der Waals surface area contributed by atoms with Crippen molar-refractivity contribution >= 4 is 11.2 Å². The van der Waals surface area contributed by atoms with E-state index in [0.717, 1.165) is 62.5 Å². The molecule has 0 saturated carbocycles. The molecular formula is C15H19N3O2. The van der Waals surface area contributed by atoms with Crippen LogP contribution in [0.5, 0.6) is 0 Å². The van der Waals surface area contributed by atoms with Crippen molar-refractivity contribution in [3.63, 3.8) is 0 Å². The average Bonchev–Trinajstić information content (AvgIpc) is 3.14. The van der Waals surface area contributed by atoms with Crippen LogP contribution in [0.15, 0.2) is 18.3 Å². The lowest BCUT2D eigenvalue weighted by atomic mass is 9.99. The van der Waals surface area contributed by atoms with E-state index >= 15 is 0 Å². The highest BCUT2D eigenvalue weighted by molar-refractivity contribution is 5.71. The molecule has 5 nitrogen and oxygen atoms in total. The summed E-state index contributed by atoms with van der Waals surface area (Å²) < 4.78 is 13.6. The van der Waals surface area contributed by atoms with Gasteiger partial charge >= 0.3 is 0 Å². The Kier molecular flexibility index (Phi) is 3.16. The van der Waals surface area contributed by atoms with Crippen LogP contribution in [0.25, 0.3) is 11.2 Å². The molecule has 2 aliphatic heterocycles. The Balaban J connectivity index is 1.82. The smallest absolute Gasteiger partial charge is 0.162 e. The Morgan fingerprint density at radius 3 is 2.85 bits per heavy atom. The molecule has 1 unspecified atom stereocenters. The van der Waals surface area contributed by atoms with Crippen molar-refractivity contribution in [2.45, 2.75) is 37.8 Å². The predicted molar refractivity (Wildman–Crippen MR) is 74.5 cm³/mol. The van der Waals surface area contributed by atoms with Gasteiger partial charge in [0.15, 0.2) is 5.65 Å². The van der Waals surface area contributed by atoms with E-state index in [4.69, 9.17) is 14.5 Å². The monoisotopic (exact) mass is 273 g/mol. The van der Waals surface area contributed by atoms with Crippen molar-refractivity contribution in [1.82, 2.24) is 14.5 Å². The van der Waals surface area contributed by atoms with Gasteiger partial charge in [0.25, 0.3) is 0 Å². The van der Waals surface area contributed by atoms with Crippen LogP contribution in [0.2, 0.25) is 0 Å². The summed E-state index contributed by atoms with van der Waals surface area (Å²) in [6, 6.07) is 3.99. The number of aromatic nitrogens is 3. The normalized spacial score (nSPS) is 24.5. The maximum absolute atomic E-state index is 5.89. The molecule has 2 saturated heterocycles. The molecule has 4 heterocycles. The van der Waals surface area contributed by atoms with Crippen molar-refractivity contribution in [3.05, 3.63) is 24.2 Å². The van der Waals surface area contributed by atoms with Gasteiger partial charge in [-0.25, -0.2) is 9.97 Å². The number of pyridine rings is 1. The van der Waals surface area contributed by atoms with E-state index in [1.54, 1.807) is 0 Å². The summed E-state index contributed by atoms with van der Waals surface area (Å²) >= 11 is 0. The maximum Gasteiger partial charge on any atom is 0.162 e. The number of nitrogens with zero attached hydrogens (tertiary/aromatic N) is 3. The van der Waals surface area contributed by atoms with Gasteiger partial charge < -0.3 is 9.47 Å². The van der Waals surface area contributed by atoms with Crippen molar-refractivity contribution in [3.8, 4) is 0 Å². The maximum atomic E-state index is 5.89. The number of ether oxygens (including phenoxy) is 2. The fourth-order valence-electron chi connectivity index (χ4n) is 3.24. The van der Waals surface area contributed by atoms with Crippen molar-refractivity contribution in [1.29, 1.82) is 0 Å². The Labute approximate surface area is 117 Å². The molecule has 0 radical (unpaired) electrons. The number of imidazole rings is 1. The van der Waals surface area contributed by atoms with Crippen LogP contribution in [0, 0.1) is 0 Å². The molecular weight excluding hydrogens is 254 g/mol. The first-order chi connectivity index (χ1) is 9.93. The standard InChI is InChI=1S/C15H19N3O2/c1-3-12-15(16-7-1)18(13-4-2-8-20-13)14(17-12)11-5-9-19-10-6-11/h1,3,7,11,13H,2,4-6,8-10H2. The molecule has 5 heteroatoms. The molecule has 2 fully saturated rings. The van der Waals surface area contributed by atoms with Crippen molar-refractivity contribution < 1.29 is 9.47 Å². The largest absolute Gasteiger partial charge is 0.381 e. The van der Waals surface area contributed by atoms with Crippen LogP contribution in [-0.4, -0.2) is 34.4 Å². The zero-order chi connectivity index (χ0) is 13.4. The third-order valence-electron chi connectivity index (χ3n) is 4.26. The second kappa shape index (κ2) is 5.14. The molecule has 0 aromatic carbocycles. The highest BCUT2D eigenvalue weighted by Gasteiger charge is 2.28. The van der Waals surface area contributed by atoms with Gasteiger partial charge in [-0.3, -0.25) is 4.57 Å². The topological polar surface area (TPSA) is 49.2 Å². The van der Waals surface area contributed by atoms with Crippen LogP contribution in [-0.2, 0) is 9.47 Å². The molecule has 106 valence electrons. The van der Waals surface area contributed by atoms with E-state index in [0.29, 0.717) is 5.92 Å². The summed E-state index contributed by atoms with van der Waals surface area (Å²) in [5.74, 6) is 1.59. The first-order valence-corrected chi connectivity index (χ1v) is 7.45. The number of rotatable bonds is 2. The van der Waals surface area contributed by atoms with E-state index in [9.17, 15) is 0 Å². The van der Waals surface area contributed by atoms with E-state index in [1.807, 2.05) is 18.3 Å². The Morgan fingerprint density at radius 2 is 2.05 bits per heavy atom. The third kappa shape index (κ3) is 2.01. The molecule has 0 N–H and O–H groups in total. The zero-order valence-corrected chi connectivity index (χ0v) is 11.5. The number of fused-ring (bicyclic) bond motifs is 1. The summed E-state index contributed by atoms with van der Waals surface area (Å²) in [7, 11) is 0. The molecule has 2 aromatic heterocycles. The summed E-state index contributed by atoms with van der Waals surface area (Å²) in [4.78, 5) is 9.38. The van der Waals surface area contributed by atoms with Gasteiger partial charge in [0.05, 0.1) is 0 Å². The van der Waals surface area contributed by atoms with Gasteiger partial charge in [0, 0.05) is 31.9 Å². The van der Waals surface area contributed by atoms with Gasteiger partial charge in [0.1, 0.15) is 17.6 Å². The molecule has 0 aliphatic carbocycles. The first kappa shape index (κ1) is 12.3. The second-order valence-electron chi connectivity index (χ2n) is 5.54. The molecule has 4 rings (SSSR count). The predicted octanol–water partition coefficient (Wildman–Crippen LogP) is 2.63. The van der Waals surface area contributed by atoms with Crippen molar-refractivity contribution in [2.24, 2.45) is 0 Å². The van der Waals surface area contributed by atoms with Crippen LogP contribution in [0.4, 0.5) is 0 Å². The number of hydrogen-bond acceptors (Lipinski definition) is 4. The Hall–Kier alpha value is -1.46. The van der Waals surface area contributed by atoms with Gasteiger partial charge in [0.2, 0.25) is 0 Å². The van der Waals surface area contributed by atoms with E-state index < -0.39 is 0 Å². The highest BCUT2D eigenvalue weighted by Crippen LogP contribution is 2.34. The minimum atomic E-state index is 0.104. The zero-order valence-electron chi connectivity index (χ0n) is 11.5. The third-order valence-corrected chi connectivity index (χ3v) is 4.26. The molecule has 0 bridgehead atoms. The van der Waals surface area contributed by atoms with Gasteiger partial charge in [-0.2, -0.15) is 0 Å². The second-order valence-corrected chi connectivity index (χ2v) is 5.54. The van der Waals surface area contributed by atoms with E-state index in [2.05, 4.69) is 9.55 Å². The fraction of sp³-hybridized carbons (Fsp3) is 0.600. The average molecular weight is 273 g/mol. The summed E-state index contributed by atoms with van der Waals surface area (Å²) in [5, 5.41) is 0. The molecule has 0 amide bonds. The lowest BCUT2D eigenvalue weighted by molar-refractivity contribution is 0.0495. The van der Waals surface area contributed by atoms with Crippen LogP contribution in [0.3, 0.4) is 0 Å². The molecule has 1 atom stereocenters. The minimum absolute atomic E-state index is 0.104. The molecule has 0 spiro atoms. The molecule has 20 heavy (non-hydrogen) atoms. The number of hydrogen-bond donors (Lipinski definition) is 0. The lowest BCUT2D eigenvalue weighted by Crippen LogP contribution is -2.20.